The van der Waals surface area contributed by atoms with E-state index in [1.807, 2.05) is 67.1 Å². The minimum Gasteiger partial charge on any atom is -0.494 e. The number of ether oxygens (including phenoxy) is 1. The second-order valence-corrected chi connectivity index (χ2v) is 8.53. The fraction of sp³-hybridized carbons (Fsp3) is 0.250. The van der Waals surface area contributed by atoms with Crippen LogP contribution in [0.3, 0.4) is 0 Å². The molecule has 1 aromatic heterocycles. The minimum atomic E-state index is -0.423. The first-order valence-electron chi connectivity index (χ1n) is 9.19. The number of hydrogen-bond acceptors (Lipinski definition) is 6. The van der Waals surface area contributed by atoms with E-state index < -0.39 is 5.25 Å². The van der Waals surface area contributed by atoms with Gasteiger partial charge in [0.25, 0.3) is 0 Å². The molecule has 0 saturated carbocycles. The van der Waals surface area contributed by atoms with Crippen LogP contribution in [0.15, 0.2) is 58.2 Å². The van der Waals surface area contributed by atoms with E-state index in [0.717, 1.165) is 27.3 Å². The third-order valence-electron chi connectivity index (χ3n) is 4.52. The summed E-state index contributed by atoms with van der Waals surface area (Å²) in [5.41, 5.74) is 5.13. The van der Waals surface area contributed by atoms with Gasteiger partial charge < -0.3 is 15.5 Å². The Morgan fingerprint density at radius 3 is 2.62 bits per heavy atom. The van der Waals surface area contributed by atoms with E-state index in [-0.39, 0.29) is 11.9 Å². The molecule has 1 amide bonds. The highest BCUT2D eigenvalue weighted by Gasteiger charge is 2.37. The largest absolute Gasteiger partial charge is 0.494 e. The summed E-state index contributed by atoms with van der Waals surface area (Å²) in [4.78, 5) is 13.2. The Morgan fingerprint density at radius 2 is 1.93 bits per heavy atom. The number of thioether (sulfide) groups is 1. The van der Waals surface area contributed by atoms with Crippen LogP contribution >= 0.6 is 27.7 Å². The van der Waals surface area contributed by atoms with Gasteiger partial charge in [0.1, 0.15) is 16.8 Å². The van der Waals surface area contributed by atoms with Crippen LogP contribution in [0.1, 0.15) is 24.4 Å². The van der Waals surface area contributed by atoms with Crippen LogP contribution in [-0.4, -0.2) is 32.6 Å². The van der Waals surface area contributed by atoms with Crippen LogP contribution in [0.25, 0.3) is 0 Å². The molecular formula is C20H20BrN5O2S. The van der Waals surface area contributed by atoms with Gasteiger partial charge in [-0.1, -0.05) is 39.8 Å². The molecular weight excluding hydrogens is 454 g/mol. The molecule has 0 aliphatic carbocycles. The van der Waals surface area contributed by atoms with Crippen LogP contribution in [0.2, 0.25) is 0 Å². The van der Waals surface area contributed by atoms with Gasteiger partial charge in [-0.2, -0.15) is 0 Å². The number of nitrogens with zero attached hydrogens (tertiary/aromatic N) is 3. The standard InChI is InChI=1S/C20H20BrN5O2S/c1-3-28-16-10-4-13(5-11-16)17-18(29-20-24-23-12(2)26(20)25-17)19(27)22-15-8-6-14(21)7-9-15/h4-11,17-18,25H,3H2,1-2H3,(H,22,27)/t17-,18-/m0/s1. The lowest BCUT2D eigenvalue weighted by molar-refractivity contribution is -0.116. The van der Waals surface area contributed by atoms with E-state index in [1.54, 1.807) is 0 Å². The molecule has 2 aromatic carbocycles. The quantitative estimate of drug-likeness (QED) is 0.579. The number of aromatic nitrogens is 3. The maximum Gasteiger partial charge on any atom is 0.240 e. The maximum absolute atomic E-state index is 13.2. The molecule has 0 fully saturated rings. The van der Waals surface area contributed by atoms with Gasteiger partial charge in [0, 0.05) is 10.2 Å². The smallest absolute Gasteiger partial charge is 0.240 e. The number of halogens is 1. The summed E-state index contributed by atoms with van der Waals surface area (Å²) in [5.74, 6) is 1.45. The monoisotopic (exact) mass is 473 g/mol. The Kier molecular flexibility index (Phi) is 5.77. The van der Waals surface area contributed by atoms with Crippen molar-refractivity contribution < 1.29 is 9.53 Å². The molecule has 150 valence electrons. The number of carbonyl (C=O) groups is 1. The lowest BCUT2D eigenvalue weighted by Gasteiger charge is -2.32. The zero-order valence-corrected chi connectivity index (χ0v) is 18.3. The molecule has 29 heavy (non-hydrogen) atoms. The van der Waals surface area contributed by atoms with Gasteiger partial charge in [0.05, 0.1) is 12.6 Å². The summed E-state index contributed by atoms with van der Waals surface area (Å²) in [6, 6.07) is 15.1. The van der Waals surface area contributed by atoms with Crippen LogP contribution < -0.4 is 15.5 Å². The SMILES string of the molecule is CCOc1ccc([C@@H]2Nn3c(C)nnc3S[C@@H]2C(=O)Nc2ccc(Br)cc2)cc1. The van der Waals surface area contributed by atoms with Crippen molar-refractivity contribution in [3.63, 3.8) is 0 Å². The Hall–Kier alpha value is -2.52. The topological polar surface area (TPSA) is 81.1 Å². The van der Waals surface area contributed by atoms with Crippen molar-refractivity contribution in [1.29, 1.82) is 0 Å². The molecule has 2 heterocycles. The molecule has 7 nitrogen and oxygen atoms in total. The molecule has 1 aliphatic rings. The highest BCUT2D eigenvalue weighted by Crippen LogP contribution is 2.38. The van der Waals surface area contributed by atoms with Crippen LogP contribution in [0.4, 0.5) is 5.69 Å². The second kappa shape index (κ2) is 8.46. The van der Waals surface area contributed by atoms with E-state index in [1.165, 1.54) is 11.8 Å². The van der Waals surface area contributed by atoms with Gasteiger partial charge in [0.2, 0.25) is 11.1 Å². The summed E-state index contributed by atoms with van der Waals surface area (Å²) < 4.78 is 8.33. The van der Waals surface area contributed by atoms with Crippen LogP contribution in [0.5, 0.6) is 5.75 Å². The Balaban J connectivity index is 1.62. The van der Waals surface area contributed by atoms with E-state index in [9.17, 15) is 4.79 Å². The molecule has 2 N–H and O–H groups in total. The summed E-state index contributed by atoms with van der Waals surface area (Å²) in [6.45, 7) is 4.44. The van der Waals surface area contributed by atoms with Gasteiger partial charge >= 0.3 is 0 Å². The fourth-order valence-corrected chi connectivity index (χ4v) is 4.48. The van der Waals surface area contributed by atoms with Gasteiger partial charge in [-0.3, -0.25) is 4.79 Å². The zero-order chi connectivity index (χ0) is 20.4. The third kappa shape index (κ3) is 4.25. The third-order valence-corrected chi connectivity index (χ3v) is 6.26. The number of aryl methyl sites for hydroxylation is 1. The van der Waals surface area contributed by atoms with E-state index in [2.05, 4.69) is 36.9 Å². The number of hydrogen-bond donors (Lipinski definition) is 2. The summed E-state index contributed by atoms with van der Waals surface area (Å²) in [7, 11) is 0. The number of fused-ring (bicyclic) bond motifs is 1. The number of amides is 1. The second-order valence-electron chi connectivity index (χ2n) is 6.51. The van der Waals surface area contributed by atoms with E-state index in [0.29, 0.717) is 11.8 Å². The number of benzene rings is 2. The molecule has 0 unspecified atom stereocenters. The molecule has 2 atom stereocenters. The summed E-state index contributed by atoms with van der Waals surface area (Å²) in [5, 5.41) is 11.6. The lowest BCUT2D eigenvalue weighted by atomic mass is 10.0. The van der Waals surface area contributed by atoms with Gasteiger partial charge in [0.15, 0.2) is 0 Å². The highest BCUT2D eigenvalue weighted by molar-refractivity contribution is 9.10. The average Bonchev–Trinajstić information content (AvgIpc) is 3.10. The first-order chi connectivity index (χ1) is 14.0. The predicted octanol–water partition coefficient (Wildman–Crippen LogP) is 4.15. The molecule has 0 spiro atoms. The van der Waals surface area contributed by atoms with Gasteiger partial charge in [-0.15, -0.1) is 10.2 Å². The number of anilines is 1. The number of carbonyl (C=O) groups excluding carboxylic acids is 1. The van der Waals surface area contributed by atoms with Crippen LogP contribution in [0, 0.1) is 6.92 Å². The zero-order valence-electron chi connectivity index (χ0n) is 15.9. The average molecular weight is 474 g/mol. The van der Waals surface area contributed by atoms with Crippen molar-refractivity contribution in [3.05, 3.63) is 64.4 Å². The van der Waals surface area contributed by atoms with Crippen molar-refractivity contribution in [3.8, 4) is 5.75 Å². The van der Waals surface area contributed by atoms with Gasteiger partial charge in [-0.25, -0.2) is 4.68 Å². The minimum absolute atomic E-state index is 0.101. The molecule has 0 radical (unpaired) electrons. The first kappa shape index (κ1) is 19.8. The maximum atomic E-state index is 13.2. The first-order valence-corrected chi connectivity index (χ1v) is 10.9. The molecule has 3 aromatic rings. The summed E-state index contributed by atoms with van der Waals surface area (Å²) >= 11 is 4.81. The van der Waals surface area contributed by atoms with E-state index in [4.69, 9.17) is 4.74 Å². The fourth-order valence-electron chi connectivity index (χ4n) is 3.10. The number of nitrogens with one attached hydrogen (secondary N) is 2. The molecule has 1 aliphatic heterocycles. The molecule has 4 rings (SSSR count). The van der Waals surface area contributed by atoms with Crippen molar-refractivity contribution in [2.45, 2.75) is 30.3 Å². The highest BCUT2D eigenvalue weighted by atomic mass is 79.9. The van der Waals surface area contributed by atoms with E-state index >= 15 is 0 Å². The summed E-state index contributed by atoms with van der Waals surface area (Å²) in [6.07, 6.45) is 0. The Morgan fingerprint density at radius 1 is 1.21 bits per heavy atom. The van der Waals surface area contributed by atoms with Gasteiger partial charge in [-0.05, 0) is 55.8 Å². The van der Waals surface area contributed by atoms with Crippen molar-refractivity contribution in [2.75, 3.05) is 17.3 Å². The van der Waals surface area contributed by atoms with Crippen molar-refractivity contribution >= 4 is 39.3 Å². The molecule has 0 bridgehead atoms. The Bertz CT molecular complexity index is 1010. The Labute approximate surface area is 181 Å². The predicted molar refractivity (Wildman–Crippen MR) is 117 cm³/mol. The lowest BCUT2D eigenvalue weighted by Crippen LogP contribution is -2.41. The van der Waals surface area contributed by atoms with Crippen molar-refractivity contribution in [1.82, 2.24) is 14.9 Å². The normalized spacial score (nSPS) is 17.9. The van der Waals surface area contributed by atoms with Crippen molar-refractivity contribution in [2.24, 2.45) is 0 Å². The molecule has 0 saturated heterocycles. The van der Waals surface area contributed by atoms with Crippen LogP contribution in [-0.2, 0) is 4.79 Å². The molecule has 9 heteroatoms. The number of rotatable bonds is 5.